The van der Waals surface area contributed by atoms with Crippen LogP contribution < -0.4 is 0 Å². The quantitative estimate of drug-likeness (QED) is 0.0502. The summed E-state index contributed by atoms with van der Waals surface area (Å²) in [4.78, 5) is 15.5. The van der Waals surface area contributed by atoms with Crippen molar-refractivity contribution in [3.63, 3.8) is 0 Å². The average molecular weight is 680 g/mol. The predicted octanol–water partition coefficient (Wildman–Crippen LogP) is 7.09. The highest BCUT2D eigenvalue weighted by Crippen LogP contribution is 2.41. The molecular formula is C25H42IN5O3S2Si. The first-order chi connectivity index (χ1) is 17.1. The van der Waals surface area contributed by atoms with E-state index in [0.717, 1.165) is 21.0 Å². The third-order valence-electron chi connectivity index (χ3n) is 6.50. The lowest BCUT2D eigenvalue weighted by Crippen LogP contribution is -2.44. The van der Waals surface area contributed by atoms with Crippen LogP contribution in [0.25, 0.3) is 11.0 Å². The predicted molar refractivity (Wildman–Crippen MR) is 168 cm³/mol. The van der Waals surface area contributed by atoms with Gasteiger partial charge in [0.2, 0.25) is 0 Å². The number of aromatic nitrogens is 3. The molecule has 1 fully saturated rings. The lowest BCUT2D eigenvalue weighted by atomic mass is 10.2. The summed E-state index contributed by atoms with van der Waals surface area (Å²) in [5.74, 6) is 1.26. The van der Waals surface area contributed by atoms with E-state index < -0.39 is 8.32 Å². The summed E-state index contributed by atoms with van der Waals surface area (Å²) >= 11 is 2.33. The molecule has 0 radical (unpaired) electrons. The molecule has 0 aliphatic carbocycles. The normalized spacial score (nSPS) is 21.4. The van der Waals surface area contributed by atoms with Gasteiger partial charge in [0.1, 0.15) is 30.2 Å². The van der Waals surface area contributed by atoms with Gasteiger partial charge in [-0.1, -0.05) is 63.1 Å². The van der Waals surface area contributed by atoms with E-state index in [1.807, 2.05) is 29.8 Å². The Balaban J connectivity index is 1.83. The zero-order valence-electron chi connectivity index (χ0n) is 23.7. The van der Waals surface area contributed by atoms with Crippen LogP contribution in [0.2, 0.25) is 18.1 Å². The molecule has 0 bridgehead atoms. The number of ether oxygens (including phenoxy) is 2. The number of hydrogen-bond donors (Lipinski definition) is 0. The molecule has 2 aromatic heterocycles. The van der Waals surface area contributed by atoms with Crippen LogP contribution in [0.1, 0.15) is 54.2 Å². The van der Waals surface area contributed by atoms with Crippen molar-refractivity contribution in [2.24, 2.45) is 4.99 Å². The zero-order valence-corrected chi connectivity index (χ0v) is 28.5. The standard InChI is InChI=1S/C25H42IN5O3S2Si/c1-24(2,3)36-35-16-32-18-11-20(34-19(18)13-33-37(9,10)25(4,5)6)31-12-17(26)21-22(29-15-30(7)8)27-14-28-23(21)31/h12,14-15,18-20H,11,13,16H2,1-10H3/b29-15+/t18?,19-,20-/m1/s1. The highest BCUT2D eigenvalue weighted by atomic mass is 127. The third-order valence-corrected chi connectivity index (χ3v) is 14.8. The smallest absolute Gasteiger partial charge is 0.192 e. The van der Waals surface area contributed by atoms with Gasteiger partial charge >= 0.3 is 0 Å². The fourth-order valence-electron chi connectivity index (χ4n) is 3.53. The van der Waals surface area contributed by atoms with Crippen molar-refractivity contribution in [1.82, 2.24) is 19.4 Å². The molecule has 0 N–H and O–H groups in total. The maximum absolute atomic E-state index is 6.63. The molecule has 1 unspecified atom stereocenters. The third kappa shape index (κ3) is 8.31. The van der Waals surface area contributed by atoms with Crippen LogP contribution >= 0.6 is 44.2 Å². The minimum Gasteiger partial charge on any atom is -0.414 e. The summed E-state index contributed by atoms with van der Waals surface area (Å²) in [7, 11) is 5.54. The van der Waals surface area contributed by atoms with Crippen molar-refractivity contribution in [1.29, 1.82) is 0 Å². The van der Waals surface area contributed by atoms with E-state index >= 15 is 0 Å². The van der Waals surface area contributed by atoms with Crippen LogP contribution in [0.5, 0.6) is 0 Å². The fourth-order valence-corrected chi connectivity index (χ4v) is 7.33. The summed E-state index contributed by atoms with van der Waals surface area (Å²) in [6.07, 6.45) is 5.72. The SMILES string of the molecule is CN(C)/C=N/c1ncnc2c1c(I)cn2[C@H]1CC(OCSSC(C)(C)C)[C@@H](CO[Si](C)(C)C(C)(C)C)O1. The zero-order chi connectivity index (χ0) is 27.6. The van der Waals surface area contributed by atoms with Gasteiger partial charge < -0.3 is 23.4 Å². The molecule has 1 aliphatic heterocycles. The molecule has 0 aromatic carbocycles. The van der Waals surface area contributed by atoms with Gasteiger partial charge in [0, 0.05) is 35.0 Å². The molecule has 0 amide bonds. The van der Waals surface area contributed by atoms with Gasteiger partial charge in [0.25, 0.3) is 0 Å². The molecule has 3 atom stereocenters. The van der Waals surface area contributed by atoms with Crippen molar-refractivity contribution in [3.05, 3.63) is 16.1 Å². The summed E-state index contributed by atoms with van der Waals surface area (Å²) in [6.45, 7) is 18.5. The van der Waals surface area contributed by atoms with Crippen molar-refractivity contribution in [2.45, 2.75) is 89.3 Å². The van der Waals surface area contributed by atoms with Crippen molar-refractivity contribution in [3.8, 4) is 0 Å². The largest absolute Gasteiger partial charge is 0.414 e. The molecule has 1 saturated heterocycles. The molecule has 0 saturated carbocycles. The number of halogens is 1. The highest BCUT2D eigenvalue weighted by molar-refractivity contribution is 14.1. The summed E-state index contributed by atoms with van der Waals surface area (Å²) in [5.41, 5.74) is 0.817. The number of nitrogens with zero attached hydrogens (tertiary/aromatic N) is 5. The topological polar surface area (TPSA) is 74.0 Å². The molecule has 3 heterocycles. The fraction of sp³-hybridized carbons (Fsp3) is 0.720. The first-order valence-electron chi connectivity index (χ1n) is 12.5. The number of fused-ring (bicyclic) bond motifs is 1. The van der Waals surface area contributed by atoms with Crippen LogP contribution in [0.4, 0.5) is 5.82 Å². The first kappa shape index (κ1) is 31.1. The Bertz CT molecular complexity index is 1080. The van der Waals surface area contributed by atoms with Gasteiger partial charge in [0.15, 0.2) is 14.1 Å². The Morgan fingerprint density at radius 2 is 1.95 bits per heavy atom. The van der Waals surface area contributed by atoms with E-state index in [1.165, 1.54) is 0 Å². The van der Waals surface area contributed by atoms with E-state index in [0.29, 0.717) is 18.4 Å². The van der Waals surface area contributed by atoms with E-state index in [-0.39, 0.29) is 28.2 Å². The molecule has 2 aromatic rings. The van der Waals surface area contributed by atoms with Crippen LogP contribution in [0.3, 0.4) is 0 Å². The second kappa shape index (κ2) is 12.4. The summed E-state index contributed by atoms with van der Waals surface area (Å²) in [5, 5.41) is 1.06. The Kier molecular flexibility index (Phi) is 10.5. The van der Waals surface area contributed by atoms with Crippen molar-refractivity contribution < 1.29 is 13.9 Å². The minimum absolute atomic E-state index is 0.0639. The average Bonchev–Trinajstić information content (AvgIpc) is 3.33. The molecular weight excluding hydrogens is 637 g/mol. The van der Waals surface area contributed by atoms with Crippen LogP contribution in [0, 0.1) is 3.57 Å². The van der Waals surface area contributed by atoms with E-state index in [2.05, 4.69) is 103 Å². The van der Waals surface area contributed by atoms with Gasteiger partial charge in [-0.2, -0.15) is 0 Å². The number of aliphatic imine (C=N–C) groups is 1. The maximum Gasteiger partial charge on any atom is 0.192 e. The molecule has 1 aliphatic rings. The second-order valence-electron chi connectivity index (χ2n) is 12.1. The van der Waals surface area contributed by atoms with E-state index in [1.54, 1.807) is 23.5 Å². The summed E-state index contributed by atoms with van der Waals surface area (Å²) < 4.78 is 22.9. The van der Waals surface area contributed by atoms with Gasteiger partial charge in [-0.25, -0.2) is 15.0 Å². The van der Waals surface area contributed by atoms with Crippen molar-refractivity contribution in [2.75, 3.05) is 26.6 Å². The van der Waals surface area contributed by atoms with Crippen LogP contribution in [-0.4, -0.2) is 77.7 Å². The molecule has 3 rings (SSSR count). The van der Waals surface area contributed by atoms with Crippen LogP contribution in [-0.2, 0) is 13.9 Å². The van der Waals surface area contributed by atoms with Crippen molar-refractivity contribution >= 4 is 75.7 Å². The molecule has 8 nitrogen and oxygen atoms in total. The Morgan fingerprint density at radius 3 is 2.57 bits per heavy atom. The lowest BCUT2D eigenvalue weighted by molar-refractivity contribution is -0.0505. The monoisotopic (exact) mass is 679 g/mol. The van der Waals surface area contributed by atoms with Gasteiger partial charge in [-0.3, -0.25) is 0 Å². The van der Waals surface area contributed by atoms with Crippen LogP contribution in [0.15, 0.2) is 17.5 Å². The van der Waals surface area contributed by atoms with Gasteiger partial charge in [-0.05, 0) is 40.7 Å². The Labute approximate surface area is 244 Å². The second-order valence-corrected chi connectivity index (χ2v) is 21.1. The minimum atomic E-state index is -1.93. The molecule has 0 spiro atoms. The maximum atomic E-state index is 6.63. The Morgan fingerprint density at radius 1 is 1.24 bits per heavy atom. The van der Waals surface area contributed by atoms with Gasteiger partial charge in [0.05, 0.1) is 24.4 Å². The van der Waals surface area contributed by atoms with E-state index in [4.69, 9.17) is 13.9 Å². The summed E-state index contributed by atoms with van der Waals surface area (Å²) in [6, 6.07) is 0. The number of rotatable bonds is 10. The Hall–Kier alpha value is -0.383. The number of hydrogen-bond acceptors (Lipinski definition) is 8. The molecule has 208 valence electrons. The first-order valence-corrected chi connectivity index (χ1v) is 18.8. The molecule has 12 heteroatoms. The molecule has 37 heavy (non-hydrogen) atoms. The lowest BCUT2D eigenvalue weighted by Gasteiger charge is -2.37. The highest BCUT2D eigenvalue weighted by Gasteiger charge is 2.42. The van der Waals surface area contributed by atoms with Gasteiger partial charge in [-0.15, -0.1) is 0 Å². The van der Waals surface area contributed by atoms with E-state index in [9.17, 15) is 0 Å².